The van der Waals surface area contributed by atoms with Crippen molar-refractivity contribution in [3.05, 3.63) is 16.5 Å². The van der Waals surface area contributed by atoms with Crippen LogP contribution in [0, 0.1) is 6.92 Å². The Morgan fingerprint density at radius 3 is 2.53 bits per heavy atom. The predicted octanol–water partition coefficient (Wildman–Crippen LogP) is 3.10. The molecular formula is C11H15ClN2O. The van der Waals surface area contributed by atoms with Crippen molar-refractivity contribution in [2.24, 2.45) is 0 Å². The van der Waals surface area contributed by atoms with Gasteiger partial charge < -0.3 is 4.74 Å². The third-order valence-corrected chi connectivity index (χ3v) is 2.72. The van der Waals surface area contributed by atoms with Gasteiger partial charge in [0.05, 0.1) is 6.10 Å². The molecule has 1 saturated carbocycles. The van der Waals surface area contributed by atoms with Gasteiger partial charge in [0, 0.05) is 11.5 Å². The molecule has 1 aliphatic carbocycles. The van der Waals surface area contributed by atoms with Gasteiger partial charge in [0.15, 0.2) is 0 Å². The Balaban J connectivity index is 2.33. The van der Waals surface area contributed by atoms with E-state index in [9.17, 15) is 0 Å². The molecule has 0 N–H and O–H groups in total. The molecule has 1 aromatic rings. The summed E-state index contributed by atoms with van der Waals surface area (Å²) >= 11 is 6.04. The average molecular weight is 227 g/mol. The molecule has 1 fully saturated rings. The Bertz CT molecular complexity index is 375. The van der Waals surface area contributed by atoms with E-state index in [0.717, 1.165) is 11.4 Å². The maximum atomic E-state index is 6.04. The Labute approximate surface area is 94.8 Å². The Morgan fingerprint density at radius 1 is 1.33 bits per heavy atom. The van der Waals surface area contributed by atoms with E-state index in [1.807, 2.05) is 20.8 Å². The second kappa shape index (κ2) is 3.97. The summed E-state index contributed by atoms with van der Waals surface area (Å²) in [5, 5.41) is 0.516. The highest BCUT2D eigenvalue weighted by molar-refractivity contribution is 6.30. The van der Waals surface area contributed by atoms with Crippen LogP contribution in [0.2, 0.25) is 5.15 Å². The molecule has 2 rings (SSSR count). The normalized spacial score (nSPS) is 15.8. The highest BCUT2D eigenvalue weighted by Crippen LogP contribution is 2.39. The molecule has 82 valence electrons. The largest absolute Gasteiger partial charge is 0.475 e. The number of halogens is 1. The zero-order chi connectivity index (χ0) is 11.0. The maximum absolute atomic E-state index is 6.04. The standard InChI is InChI=1S/C11H15ClN2O/c1-6(2)15-11-7(3)9(12)13-10(14-11)8-4-5-8/h6,8H,4-5H2,1-3H3. The molecule has 1 aliphatic rings. The van der Waals surface area contributed by atoms with Crippen LogP contribution in [0.5, 0.6) is 5.88 Å². The van der Waals surface area contributed by atoms with Crippen molar-refractivity contribution >= 4 is 11.6 Å². The fraction of sp³-hybridized carbons (Fsp3) is 0.636. The first kappa shape index (κ1) is 10.7. The van der Waals surface area contributed by atoms with E-state index in [-0.39, 0.29) is 6.10 Å². The molecular weight excluding hydrogens is 212 g/mol. The fourth-order valence-corrected chi connectivity index (χ4v) is 1.52. The lowest BCUT2D eigenvalue weighted by Gasteiger charge is -2.12. The van der Waals surface area contributed by atoms with Gasteiger partial charge in [-0.2, -0.15) is 4.98 Å². The number of nitrogens with zero attached hydrogens (tertiary/aromatic N) is 2. The second-order valence-electron chi connectivity index (χ2n) is 4.24. The minimum absolute atomic E-state index is 0.113. The van der Waals surface area contributed by atoms with Crippen molar-refractivity contribution in [2.45, 2.75) is 45.6 Å². The predicted molar refractivity (Wildman–Crippen MR) is 59.5 cm³/mol. The minimum Gasteiger partial charge on any atom is -0.475 e. The van der Waals surface area contributed by atoms with Gasteiger partial charge in [-0.15, -0.1) is 0 Å². The highest BCUT2D eigenvalue weighted by Gasteiger charge is 2.28. The van der Waals surface area contributed by atoms with Crippen LogP contribution in [0.15, 0.2) is 0 Å². The average Bonchev–Trinajstić information content (AvgIpc) is 2.94. The van der Waals surface area contributed by atoms with Crippen LogP contribution in [-0.4, -0.2) is 16.1 Å². The number of hydrogen-bond acceptors (Lipinski definition) is 3. The first-order valence-electron chi connectivity index (χ1n) is 5.28. The Hall–Kier alpha value is -0.830. The van der Waals surface area contributed by atoms with E-state index in [0.29, 0.717) is 17.0 Å². The molecule has 0 saturated heterocycles. The van der Waals surface area contributed by atoms with Crippen molar-refractivity contribution in [1.29, 1.82) is 0 Å². The summed E-state index contributed by atoms with van der Waals surface area (Å²) < 4.78 is 5.61. The first-order valence-corrected chi connectivity index (χ1v) is 5.66. The van der Waals surface area contributed by atoms with Crippen molar-refractivity contribution in [3.8, 4) is 5.88 Å². The second-order valence-corrected chi connectivity index (χ2v) is 4.60. The zero-order valence-electron chi connectivity index (χ0n) is 9.25. The van der Waals surface area contributed by atoms with Crippen molar-refractivity contribution in [3.63, 3.8) is 0 Å². The van der Waals surface area contributed by atoms with Gasteiger partial charge >= 0.3 is 0 Å². The third-order valence-electron chi connectivity index (χ3n) is 2.35. The molecule has 4 heteroatoms. The third kappa shape index (κ3) is 2.40. The summed E-state index contributed by atoms with van der Waals surface area (Å²) in [7, 11) is 0. The van der Waals surface area contributed by atoms with E-state index in [2.05, 4.69) is 9.97 Å². The lowest BCUT2D eigenvalue weighted by Crippen LogP contribution is -2.10. The van der Waals surface area contributed by atoms with E-state index >= 15 is 0 Å². The van der Waals surface area contributed by atoms with Crippen LogP contribution in [-0.2, 0) is 0 Å². The van der Waals surface area contributed by atoms with Crippen LogP contribution in [0.1, 0.15) is 44.0 Å². The van der Waals surface area contributed by atoms with Crippen LogP contribution >= 0.6 is 11.6 Å². The molecule has 0 spiro atoms. The van der Waals surface area contributed by atoms with E-state index in [4.69, 9.17) is 16.3 Å². The number of hydrogen-bond donors (Lipinski definition) is 0. The SMILES string of the molecule is Cc1c(Cl)nc(C2CC2)nc1OC(C)C. The summed E-state index contributed by atoms with van der Waals surface area (Å²) in [6.07, 6.45) is 2.45. The summed E-state index contributed by atoms with van der Waals surface area (Å²) in [5.41, 5.74) is 0.828. The van der Waals surface area contributed by atoms with Crippen molar-refractivity contribution in [1.82, 2.24) is 9.97 Å². The highest BCUT2D eigenvalue weighted by atomic mass is 35.5. The Morgan fingerprint density at radius 2 is 2.00 bits per heavy atom. The first-order chi connectivity index (χ1) is 7.08. The topological polar surface area (TPSA) is 35.0 Å². The molecule has 1 aromatic heterocycles. The van der Waals surface area contributed by atoms with Gasteiger partial charge in [0.1, 0.15) is 11.0 Å². The van der Waals surface area contributed by atoms with Gasteiger partial charge in [0.25, 0.3) is 0 Å². The van der Waals surface area contributed by atoms with E-state index in [1.165, 1.54) is 12.8 Å². The van der Waals surface area contributed by atoms with Crippen LogP contribution < -0.4 is 4.74 Å². The minimum atomic E-state index is 0.113. The lowest BCUT2D eigenvalue weighted by molar-refractivity contribution is 0.229. The quantitative estimate of drug-likeness (QED) is 0.743. The molecule has 0 aromatic carbocycles. The molecule has 0 bridgehead atoms. The smallest absolute Gasteiger partial charge is 0.221 e. The van der Waals surface area contributed by atoms with Gasteiger partial charge in [0.2, 0.25) is 5.88 Å². The van der Waals surface area contributed by atoms with Gasteiger partial charge in [-0.1, -0.05) is 11.6 Å². The molecule has 15 heavy (non-hydrogen) atoms. The van der Waals surface area contributed by atoms with Crippen molar-refractivity contribution in [2.75, 3.05) is 0 Å². The van der Waals surface area contributed by atoms with Gasteiger partial charge in [-0.3, -0.25) is 0 Å². The number of rotatable bonds is 3. The molecule has 0 atom stereocenters. The van der Waals surface area contributed by atoms with Crippen LogP contribution in [0.25, 0.3) is 0 Å². The lowest BCUT2D eigenvalue weighted by atomic mass is 10.3. The summed E-state index contributed by atoms with van der Waals surface area (Å²) in [6, 6.07) is 0. The van der Waals surface area contributed by atoms with Gasteiger partial charge in [-0.05, 0) is 33.6 Å². The van der Waals surface area contributed by atoms with E-state index in [1.54, 1.807) is 0 Å². The summed E-state index contributed by atoms with van der Waals surface area (Å²) in [5.74, 6) is 1.96. The maximum Gasteiger partial charge on any atom is 0.221 e. The number of ether oxygens (including phenoxy) is 1. The molecule has 0 amide bonds. The molecule has 0 unspecified atom stereocenters. The molecule has 3 nitrogen and oxygen atoms in total. The monoisotopic (exact) mass is 226 g/mol. The van der Waals surface area contributed by atoms with Crippen molar-refractivity contribution < 1.29 is 4.74 Å². The zero-order valence-corrected chi connectivity index (χ0v) is 10.0. The molecule has 0 aliphatic heterocycles. The summed E-state index contributed by atoms with van der Waals surface area (Å²) in [6.45, 7) is 5.84. The molecule has 1 heterocycles. The molecule has 0 radical (unpaired) electrons. The van der Waals surface area contributed by atoms with E-state index < -0.39 is 0 Å². The van der Waals surface area contributed by atoms with Gasteiger partial charge in [-0.25, -0.2) is 4.98 Å². The Kier molecular flexibility index (Phi) is 2.83. The number of aromatic nitrogens is 2. The summed E-state index contributed by atoms with van der Waals surface area (Å²) in [4.78, 5) is 8.69. The fourth-order valence-electron chi connectivity index (χ4n) is 1.35. The van der Waals surface area contributed by atoms with Crippen LogP contribution in [0.3, 0.4) is 0 Å². The van der Waals surface area contributed by atoms with Crippen LogP contribution in [0.4, 0.5) is 0 Å².